The van der Waals surface area contributed by atoms with Crippen LogP contribution in [-0.2, 0) is 16.0 Å². The number of aryl methyl sites for hydroxylation is 1. The van der Waals surface area contributed by atoms with Crippen molar-refractivity contribution in [2.45, 2.75) is 45.8 Å². The normalized spacial score (nSPS) is 12.5. The molecule has 1 aromatic heterocycles. The van der Waals surface area contributed by atoms with Gasteiger partial charge in [0.15, 0.2) is 0 Å². The van der Waals surface area contributed by atoms with Crippen molar-refractivity contribution < 1.29 is 9.53 Å². The molecule has 0 aliphatic rings. The van der Waals surface area contributed by atoms with Crippen molar-refractivity contribution in [3.05, 3.63) is 53.9 Å². The van der Waals surface area contributed by atoms with E-state index in [1.807, 2.05) is 64.1 Å². The van der Waals surface area contributed by atoms with E-state index in [0.717, 1.165) is 11.3 Å². The lowest BCUT2D eigenvalue weighted by Crippen LogP contribution is -2.38. The first-order valence-electron chi connectivity index (χ1n) is 7.66. The van der Waals surface area contributed by atoms with Gasteiger partial charge in [-0.25, -0.2) is 14.8 Å². The fourth-order valence-corrected chi connectivity index (χ4v) is 2.09. The van der Waals surface area contributed by atoms with Gasteiger partial charge in [-0.1, -0.05) is 30.3 Å². The lowest BCUT2D eigenvalue weighted by molar-refractivity contribution is -0.155. The Morgan fingerprint density at radius 1 is 1.22 bits per heavy atom. The summed E-state index contributed by atoms with van der Waals surface area (Å²) in [6, 6.07) is 11.1. The van der Waals surface area contributed by atoms with Gasteiger partial charge < -0.3 is 10.1 Å². The zero-order valence-electron chi connectivity index (χ0n) is 14.0. The number of carbonyl (C=O) groups excluding carboxylic acids is 1. The minimum atomic E-state index is -0.543. The summed E-state index contributed by atoms with van der Waals surface area (Å²) in [5.41, 5.74) is 1.34. The lowest BCUT2D eigenvalue weighted by atomic mass is 10.1. The van der Waals surface area contributed by atoms with E-state index in [4.69, 9.17) is 4.74 Å². The molecular formula is C18H23N3O2. The minimum Gasteiger partial charge on any atom is -0.458 e. The van der Waals surface area contributed by atoms with Gasteiger partial charge in [-0.05, 0) is 39.3 Å². The van der Waals surface area contributed by atoms with Gasteiger partial charge in [0.2, 0.25) is 5.95 Å². The first kappa shape index (κ1) is 16.9. The summed E-state index contributed by atoms with van der Waals surface area (Å²) >= 11 is 0. The van der Waals surface area contributed by atoms with Crippen LogP contribution in [0.5, 0.6) is 0 Å². The van der Waals surface area contributed by atoms with Crippen LogP contribution in [-0.4, -0.2) is 27.6 Å². The van der Waals surface area contributed by atoms with E-state index in [9.17, 15) is 4.79 Å². The number of nitrogens with one attached hydrogen (secondary N) is 1. The molecule has 0 saturated carbocycles. The molecule has 1 atom stereocenters. The monoisotopic (exact) mass is 313 g/mol. The van der Waals surface area contributed by atoms with Gasteiger partial charge in [0.1, 0.15) is 11.6 Å². The van der Waals surface area contributed by atoms with E-state index in [2.05, 4.69) is 15.3 Å². The summed E-state index contributed by atoms with van der Waals surface area (Å²) in [5, 5.41) is 3.09. The molecule has 0 radical (unpaired) electrons. The Morgan fingerprint density at radius 3 is 2.52 bits per heavy atom. The van der Waals surface area contributed by atoms with Crippen LogP contribution in [0, 0.1) is 6.92 Å². The lowest BCUT2D eigenvalue weighted by Gasteiger charge is -2.24. The van der Waals surface area contributed by atoms with E-state index in [1.54, 1.807) is 6.20 Å². The highest BCUT2D eigenvalue weighted by Crippen LogP contribution is 2.14. The largest absolute Gasteiger partial charge is 0.458 e. The van der Waals surface area contributed by atoms with Gasteiger partial charge in [-0.3, -0.25) is 0 Å². The second-order valence-electron chi connectivity index (χ2n) is 6.44. The molecule has 5 nitrogen and oxygen atoms in total. The van der Waals surface area contributed by atoms with Crippen molar-refractivity contribution in [2.24, 2.45) is 0 Å². The van der Waals surface area contributed by atoms with E-state index < -0.39 is 11.6 Å². The highest BCUT2D eigenvalue weighted by Gasteiger charge is 2.26. The Labute approximate surface area is 137 Å². The zero-order valence-corrected chi connectivity index (χ0v) is 14.0. The molecule has 0 spiro atoms. The Morgan fingerprint density at radius 2 is 1.91 bits per heavy atom. The average Bonchev–Trinajstić information content (AvgIpc) is 2.46. The quantitative estimate of drug-likeness (QED) is 0.859. The van der Waals surface area contributed by atoms with Crippen LogP contribution in [0.3, 0.4) is 0 Å². The molecule has 0 amide bonds. The summed E-state index contributed by atoms with van der Waals surface area (Å²) in [6.07, 6.45) is 2.17. The van der Waals surface area contributed by atoms with Crippen LogP contribution in [0.4, 0.5) is 5.95 Å². The standard InChI is InChI=1S/C18H23N3O2/c1-13-10-11-19-17(20-13)21-15(16(22)23-18(2,3)4)12-14-8-6-5-7-9-14/h5-11,15H,12H2,1-4H3,(H,19,20,21)/t15-/m1/s1. The number of ether oxygens (including phenoxy) is 1. The summed E-state index contributed by atoms with van der Waals surface area (Å²) in [7, 11) is 0. The Hall–Kier alpha value is -2.43. The van der Waals surface area contributed by atoms with Gasteiger partial charge in [0.05, 0.1) is 0 Å². The molecule has 5 heteroatoms. The number of hydrogen-bond acceptors (Lipinski definition) is 5. The predicted octanol–water partition coefficient (Wildman–Crippen LogP) is 3.15. The third-order valence-corrected chi connectivity index (χ3v) is 3.07. The van der Waals surface area contributed by atoms with Gasteiger partial charge in [-0.2, -0.15) is 0 Å². The van der Waals surface area contributed by atoms with Crippen LogP contribution < -0.4 is 5.32 Å². The molecule has 23 heavy (non-hydrogen) atoms. The molecule has 0 saturated heterocycles. The topological polar surface area (TPSA) is 64.1 Å². The Bertz CT molecular complexity index is 651. The molecule has 2 rings (SSSR count). The Balaban J connectivity index is 2.18. The maximum absolute atomic E-state index is 12.5. The molecule has 0 aliphatic heterocycles. The van der Waals surface area contributed by atoms with E-state index in [0.29, 0.717) is 12.4 Å². The van der Waals surface area contributed by atoms with Crippen LogP contribution in [0.2, 0.25) is 0 Å². The molecule has 1 heterocycles. The van der Waals surface area contributed by atoms with Crippen LogP contribution >= 0.6 is 0 Å². The molecular weight excluding hydrogens is 290 g/mol. The maximum Gasteiger partial charge on any atom is 0.329 e. The first-order chi connectivity index (χ1) is 10.8. The van der Waals surface area contributed by atoms with Gasteiger partial charge in [0.25, 0.3) is 0 Å². The molecule has 2 aromatic rings. The van der Waals surface area contributed by atoms with E-state index >= 15 is 0 Å². The summed E-state index contributed by atoms with van der Waals surface area (Å²) < 4.78 is 5.52. The van der Waals surface area contributed by atoms with Crippen LogP contribution in [0.1, 0.15) is 32.0 Å². The summed E-state index contributed by atoms with van der Waals surface area (Å²) in [6.45, 7) is 7.45. The average molecular weight is 313 g/mol. The first-order valence-corrected chi connectivity index (χ1v) is 7.66. The zero-order chi connectivity index (χ0) is 16.9. The fraction of sp³-hybridized carbons (Fsp3) is 0.389. The minimum absolute atomic E-state index is 0.313. The number of esters is 1. The number of aromatic nitrogens is 2. The van der Waals surface area contributed by atoms with Crippen molar-refractivity contribution in [1.82, 2.24) is 9.97 Å². The molecule has 0 unspecified atom stereocenters. The van der Waals surface area contributed by atoms with Crippen molar-refractivity contribution in [2.75, 3.05) is 5.32 Å². The third-order valence-electron chi connectivity index (χ3n) is 3.07. The number of benzene rings is 1. The highest BCUT2D eigenvalue weighted by molar-refractivity contribution is 5.79. The van der Waals surface area contributed by atoms with Crippen molar-refractivity contribution in [1.29, 1.82) is 0 Å². The van der Waals surface area contributed by atoms with Crippen molar-refractivity contribution >= 4 is 11.9 Å². The highest BCUT2D eigenvalue weighted by atomic mass is 16.6. The molecule has 0 bridgehead atoms. The molecule has 1 N–H and O–H groups in total. The van der Waals surface area contributed by atoms with Crippen LogP contribution in [0.15, 0.2) is 42.6 Å². The smallest absolute Gasteiger partial charge is 0.329 e. The van der Waals surface area contributed by atoms with Gasteiger partial charge in [0, 0.05) is 18.3 Å². The van der Waals surface area contributed by atoms with Crippen molar-refractivity contribution in [3.8, 4) is 0 Å². The SMILES string of the molecule is Cc1ccnc(N[C@H](Cc2ccccc2)C(=O)OC(C)(C)C)n1. The second-order valence-corrected chi connectivity index (χ2v) is 6.44. The number of carbonyl (C=O) groups is 1. The number of anilines is 1. The number of rotatable bonds is 5. The van der Waals surface area contributed by atoms with Crippen molar-refractivity contribution in [3.63, 3.8) is 0 Å². The fourth-order valence-electron chi connectivity index (χ4n) is 2.09. The summed E-state index contributed by atoms with van der Waals surface area (Å²) in [4.78, 5) is 21.0. The van der Waals surface area contributed by atoms with Gasteiger partial charge in [-0.15, -0.1) is 0 Å². The van der Waals surface area contributed by atoms with E-state index in [1.165, 1.54) is 0 Å². The number of hydrogen-bond donors (Lipinski definition) is 1. The molecule has 122 valence electrons. The maximum atomic E-state index is 12.5. The Kier molecular flexibility index (Phi) is 5.32. The van der Waals surface area contributed by atoms with Gasteiger partial charge >= 0.3 is 5.97 Å². The van der Waals surface area contributed by atoms with Crippen LogP contribution in [0.25, 0.3) is 0 Å². The summed E-state index contributed by atoms with van der Waals surface area (Å²) in [5.74, 6) is 0.114. The third kappa shape index (κ3) is 5.70. The predicted molar refractivity (Wildman–Crippen MR) is 90.2 cm³/mol. The number of nitrogens with zero attached hydrogens (tertiary/aromatic N) is 2. The second kappa shape index (κ2) is 7.22. The molecule has 0 aliphatic carbocycles. The molecule has 1 aromatic carbocycles. The molecule has 0 fully saturated rings. The van der Waals surface area contributed by atoms with E-state index in [-0.39, 0.29) is 5.97 Å².